The van der Waals surface area contributed by atoms with E-state index < -0.39 is 0 Å². The average Bonchev–Trinajstić information content (AvgIpc) is 2.50. The van der Waals surface area contributed by atoms with E-state index in [-0.39, 0.29) is 0 Å². The molecular weight excluding hydrogens is 114 g/mol. The highest BCUT2D eigenvalue weighted by molar-refractivity contribution is 4.72. The van der Waals surface area contributed by atoms with Crippen molar-refractivity contribution < 1.29 is 4.74 Å². The van der Waals surface area contributed by atoms with Crippen LogP contribution < -0.4 is 5.32 Å². The van der Waals surface area contributed by atoms with Gasteiger partial charge in [-0.25, -0.2) is 0 Å². The SMILES string of the molecule is CNCC(C)CC1CO1. The molecule has 0 bridgehead atoms. The monoisotopic (exact) mass is 129 g/mol. The molecule has 2 atom stereocenters. The minimum Gasteiger partial charge on any atom is -0.373 e. The largest absolute Gasteiger partial charge is 0.373 e. The maximum Gasteiger partial charge on any atom is 0.0813 e. The second-order valence-corrected chi connectivity index (χ2v) is 2.85. The summed E-state index contributed by atoms with van der Waals surface area (Å²) in [5, 5.41) is 3.15. The summed E-state index contributed by atoms with van der Waals surface area (Å²) in [4.78, 5) is 0. The van der Waals surface area contributed by atoms with E-state index in [1.165, 1.54) is 6.42 Å². The lowest BCUT2D eigenvalue weighted by Crippen LogP contribution is -2.17. The summed E-state index contributed by atoms with van der Waals surface area (Å²) in [6.45, 7) is 4.35. The lowest BCUT2D eigenvalue weighted by molar-refractivity contribution is 0.358. The Balaban J connectivity index is 1.95. The highest BCUT2D eigenvalue weighted by Gasteiger charge is 2.23. The standard InChI is InChI=1S/C7H15NO/c1-6(4-8-2)3-7-5-9-7/h6-8H,3-5H2,1-2H3. The predicted molar refractivity (Wildman–Crippen MR) is 37.4 cm³/mol. The molecule has 0 aromatic carbocycles. The Morgan fingerprint density at radius 3 is 2.89 bits per heavy atom. The van der Waals surface area contributed by atoms with Gasteiger partial charge in [0.1, 0.15) is 0 Å². The molecule has 9 heavy (non-hydrogen) atoms. The van der Waals surface area contributed by atoms with Crippen LogP contribution in [-0.2, 0) is 4.74 Å². The van der Waals surface area contributed by atoms with Crippen molar-refractivity contribution in [2.45, 2.75) is 19.4 Å². The van der Waals surface area contributed by atoms with Gasteiger partial charge in [0.05, 0.1) is 12.7 Å². The van der Waals surface area contributed by atoms with Crippen molar-refractivity contribution in [1.82, 2.24) is 5.32 Å². The van der Waals surface area contributed by atoms with E-state index in [4.69, 9.17) is 4.74 Å². The first-order valence-electron chi connectivity index (χ1n) is 3.59. The van der Waals surface area contributed by atoms with Crippen LogP contribution in [0.25, 0.3) is 0 Å². The zero-order valence-electron chi connectivity index (χ0n) is 6.18. The van der Waals surface area contributed by atoms with Gasteiger partial charge in [0.2, 0.25) is 0 Å². The molecule has 0 aliphatic carbocycles. The molecule has 2 heteroatoms. The van der Waals surface area contributed by atoms with Gasteiger partial charge in [0.15, 0.2) is 0 Å². The molecule has 1 rings (SSSR count). The van der Waals surface area contributed by atoms with Crippen molar-refractivity contribution in [3.63, 3.8) is 0 Å². The van der Waals surface area contributed by atoms with Crippen molar-refractivity contribution in [2.75, 3.05) is 20.2 Å². The molecule has 54 valence electrons. The smallest absolute Gasteiger partial charge is 0.0813 e. The van der Waals surface area contributed by atoms with Gasteiger partial charge in [-0.15, -0.1) is 0 Å². The van der Waals surface area contributed by atoms with E-state index in [1.54, 1.807) is 0 Å². The number of ether oxygens (including phenoxy) is 1. The normalized spacial score (nSPS) is 28.0. The average molecular weight is 129 g/mol. The van der Waals surface area contributed by atoms with Gasteiger partial charge < -0.3 is 10.1 Å². The fourth-order valence-electron chi connectivity index (χ4n) is 1.08. The van der Waals surface area contributed by atoms with Crippen molar-refractivity contribution in [3.05, 3.63) is 0 Å². The number of nitrogens with one attached hydrogen (secondary N) is 1. The van der Waals surface area contributed by atoms with Crippen LogP contribution in [0.15, 0.2) is 0 Å². The second kappa shape index (κ2) is 3.18. The van der Waals surface area contributed by atoms with Crippen molar-refractivity contribution in [2.24, 2.45) is 5.92 Å². The van der Waals surface area contributed by atoms with E-state index >= 15 is 0 Å². The van der Waals surface area contributed by atoms with Crippen LogP contribution in [0.5, 0.6) is 0 Å². The molecule has 1 aliphatic heterocycles. The summed E-state index contributed by atoms with van der Waals surface area (Å²) < 4.78 is 5.10. The summed E-state index contributed by atoms with van der Waals surface area (Å²) in [5.74, 6) is 0.766. The molecule has 0 saturated carbocycles. The van der Waals surface area contributed by atoms with Crippen LogP contribution in [0.4, 0.5) is 0 Å². The molecule has 1 fully saturated rings. The third kappa shape index (κ3) is 2.82. The molecule has 2 nitrogen and oxygen atoms in total. The minimum absolute atomic E-state index is 0.591. The van der Waals surface area contributed by atoms with Crippen LogP contribution >= 0.6 is 0 Å². The van der Waals surface area contributed by atoms with Gasteiger partial charge in [0.25, 0.3) is 0 Å². The number of hydrogen-bond acceptors (Lipinski definition) is 2. The molecule has 0 aromatic heterocycles. The first-order valence-corrected chi connectivity index (χ1v) is 3.59. The zero-order valence-corrected chi connectivity index (χ0v) is 6.18. The Labute approximate surface area is 56.6 Å². The summed E-state index contributed by atoms with van der Waals surface area (Å²) in [7, 11) is 1.99. The molecule has 1 aliphatic rings. The van der Waals surface area contributed by atoms with Crippen LogP contribution in [-0.4, -0.2) is 26.3 Å². The summed E-state index contributed by atoms with van der Waals surface area (Å²) in [6.07, 6.45) is 1.81. The molecule has 0 spiro atoms. The Morgan fingerprint density at radius 1 is 1.78 bits per heavy atom. The second-order valence-electron chi connectivity index (χ2n) is 2.85. The molecule has 1 saturated heterocycles. The molecule has 0 radical (unpaired) electrons. The lowest BCUT2D eigenvalue weighted by atomic mass is 10.1. The summed E-state index contributed by atoms with van der Waals surface area (Å²) in [5.41, 5.74) is 0. The summed E-state index contributed by atoms with van der Waals surface area (Å²) >= 11 is 0. The topological polar surface area (TPSA) is 24.6 Å². The van der Waals surface area contributed by atoms with Crippen LogP contribution in [0.2, 0.25) is 0 Å². The van der Waals surface area contributed by atoms with Crippen LogP contribution in [0.1, 0.15) is 13.3 Å². The van der Waals surface area contributed by atoms with Crippen molar-refractivity contribution >= 4 is 0 Å². The fourth-order valence-corrected chi connectivity index (χ4v) is 1.08. The van der Waals surface area contributed by atoms with E-state index in [0.717, 1.165) is 19.1 Å². The number of hydrogen-bond donors (Lipinski definition) is 1. The maximum atomic E-state index is 5.10. The molecule has 2 unspecified atom stereocenters. The first kappa shape index (κ1) is 7.03. The van der Waals surface area contributed by atoms with E-state index in [0.29, 0.717) is 6.10 Å². The van der Waals surface area contributed by atoms with Crippen molar-refractivity contribution in [3.8, 4) is 0 Å². The van der Waals surface area contributed by atoms with Crippen LogP contribution in [0.3, 0.4) is 0 Å². The van der Waals surface area contributed by atoms with Crippen LogP contribution in [0, 0.1) is 5.92 Å². The number of epoxide rings is 1. The van der Waals surface area contributed by atoms with Gasteiger partial charge in [-0.2, -0.15) is 0 Å². The molecule has 0 aromatic rings. The van der Waals surface area contributed by atoms with Gasteiger partial charge in [-0.1, -0.05) is 6.92 Å². The number of rotatable bonds is 4. The third-order valence-electron chi connectivity index (χ3n) is 1.62. The minimum atomic E-state index is 0.591. The van der Waals surface area contributed by atoms with Gasteiger partial charge >= 0.3 is 0 Å². The molecular formula is C7H15NO. The lowest BCUT2D eigenvalue weighted by Gasteiger charge is -2.06. The highest BCUT2D eigenvalue weighted by Crippen LogP contribution is 2.18. The van der Waals surface area contributed by atoms with E-state index in [9.17, 15) is 0 Å². The quantitative estimate of drug-likeness (QED) is 0.563. The highest BCUT2D eigenvalue weighted by atomic mass is 16.6. The Hall–Kier alpha value is -0.0800. The fraction of sp³-hybridized carbons (Fsp3) is 1.00. The van der Waals surface area contributed by atoms with E-state index in [2.05, 4.69) is 12.2 Å². The first-order chi connectivity index (χ1) is 4.33. The zero-order chi connectivity index (χ0) is 6.69. The van der Waals surface area contributed by atoms with Gasteiger partial charge in [0, 0.05) is 0 Å². The predicted octanol–water partition coefficient (Wildman–Crippen LogP) is 0.631. The Bertz CT molecular complexity index is 81.0. The molecule has 1 N–H and O–H groups in total. The molecule has 0 amide bonds. The Morgan fingerprint density at radius 2 is 2.44 bits per heavy atom. The van der Waals surface area contributed by atoms with Gasteiger partial charge in [-0.05, 0) is 25.9 Å². The Kier molecular flexibility index (Phi) is 2.49. The maximum absolute atomic E-state index is 5.10. The van der Waals surface area contributed by atoms with E-state index in [1.807, 2.05) is 7.05 Å². The van der Waals surface area contributed by atoms with Gasteiger partial charge in [-0.3, -0.25) is 0 Å². The third-order valence-corrected chi connectivity index (χ3v) is 1.62. The summed E-state index contributed by atoms with van der Waals surface area (Å²) in [6, 6.07) is 0. The molecule has 1 heterocycles. The van der Waals surface area contributed by atoms with Crippen molar-refractivity contribution in [1.29, 1.82) is 0 Å².